The third-order valence-corrected chi connectivity index (χ3v) is 5.93. The lowest BCUT2D eigenvalue weighted by atomic mass is 9.92. The number of ketones is 2. The first-order valence-corrected chi connectivity index (χ1v) is 13.2. The van der Waals surface area contributed by atoms with Crippen LogP contribution in [0.3, 0.4) is 0 Å². The molecule has 3 aromatic carbocycles. The van der Waals surface area contributed by atoms with Crippen molar-refractivity contribution in [2.24, 2.45) is 0 Å². The van der Waals surface area contributed by atoms with Crippen LogP contribution >= 0.6 is 0 Å². The number of hydrogen-bond donors (Lipinski definition) is 0. The molecule has 11 heteroatoms. The molecule has 1 aliphatic rings. The number of benzene rings is 3. The predicted molar refractivity (Wildman–Crippen MR) is 155 cm³/mol. The topological polar surface area (TPSA) is 149 Å². The van der Waals surface area contributed by atoms with Gasteiger partial charge in [-0.3, -0.25) is 28.8 Å². The van der Waals surface area contributed by atoms with Crippen LogP contribution < -0.4 is 23.7 Å². The fraction of sp³-hybridized carbons (Fsp3) is 0.152. The first kappa shape index (κ1) is 31.1. The van der Waals surface area contributed by atoms with E-state index in [1.165, 1.54) is 6.08 Å². The summed E-state index contributed by atoms with van der Waals surface area (Å²) >= 11 is 0. The second-order valence-corrected chi connectivity index (χ2v) is 9.40. The van der Waals surface area contributed by atoms with Gasteiger partial charge in [0.15, 0.2) is 23.0 Å². The van der Waals surface area contributed by atoms with E-state index in [-0.39, 0.29) is 40.4 Å². The van der Waals surface area contributed by atoms with Gasteiger partial charge in [-0.2, -0.15) is 0 Å². The molecule has 0 atom stereocenters. The molecule has 0 spiro atoms. The molecule has 1 aliphatic carbocycles. The Morgan fingerprint density at radius 3 is 1.50 bits per heavy atom. The Hall–Kier alpha value is -5.84. The molecule has 224 valence electrons. The van der Waals surface area contributed by atoms with Crippen molar-refractivity contribution in [3.05, 3.63) is 84.0 Å². The zero-order valence-electron chi connectivity index (χ0n) is 24.1. The van der Waals surface area contributed by atoms with Gasteiger partial charge in [0.25, 0.3) is 0 Å². The van der Waals surface area contributed by atoms with Crippen molar-refractivity contribution in [3.63, 3.8) is 0 Å². The van der Waals surface area contributed by atoms with Gasteiger partial charge >= 0.3 is 23.9 Å². The Labute approximate surface area is 251 Å². The predicted octanol–water partition coefficient (Wildman–Crippen LogP) is 4.73. The van der Waals surface area contributed by atoms with E-state index < -0.39 is 46.9 Å². The van der Waals surface area contributed by atoms with Gasteiger partial charge in [-0.05, 0) is 47.1 Å². The summed E-state index contributed by atoms with van der Waals surface area (Å²) in [6.45, 7) is 4.61. The minimum Gasteiger partial charge on any atom is -0.489 e. The van der Waals surface area contributed by atoms with Crippen molar-refractivity contribution < 1.29 is 52.5 Å². The van der Waals surface area contributed by atoms with Crippen molar-refractivity contribution in [2.45, 2.75) is 34.3 Å². The van der Waals surface area contributed by atoms with Gasteiger partial charge in [0.1, 0.15) is 12.4 Å². The van der Waals surface area contributed by atoms with Gasteiger partial charge < -0.3 is 23.7 Å². The SMILES string of the molecule is CC(=O)Oc1c(OC(C)=O)c(-c2ccc(OCc3ccccc3)cc2)c(OC(C)=O)c(OC(C)=O)c1C1=CC(=O)C(=O)C=C1. The quantitative estimate of drug-likeness (QED) is 0.146. The molecule has 0 bridgehead atoms. The van der Waals surface area contributed by atoms with Gasteiger partial charge in [-0.1, -0.05) is 42.5 Å². The maximum Gasteiger partial charge on any atom is 0.308 e. The van der Waals surface area contributed by atoms with E-state index in [1.807, 2.05) is 30.3 Å². The van der Waals surface area contributed by atoms with Crippen LogP contribution in [0.15, 0.2) is 72.8 Å². The first-order valence-electron chi connectivity index (χ1n) is 13.2. The molecule has 0 aliphatic heterocycles. The van der Waals surface area contributed by atoms with Gasteiger partial charge in [0.05, 0.1) is 11.1 Å². The van der Waals surface area contributed by atoms with Gasteiger partial charge in [0.2, 0.25) is 11.6 Å². The van der Waals surface area contributed by atoms with Gasteiger partial charge in [0, 0.05) is 27.7 Å². The number of allylic oxidation sites excluding steroid dienone is 4. The molecule has 44 heavy (non-hydrogen) atoms. The lowest BCUT2D eigenvalue weighted by Gasteiger charge is -2.24. The lowest BCUT2D eigenvalue weighted by molar-refractivity contribution is -0.135. The molecule has 0 fully saturated rings. The van der Waals surface area contributed by atoms with Crippen LogP contribution in [0.1, 0.15) is 38.8 Å². The summed E-state index contributed by atoms with van der Waals surface area (Å²) in [6, 6.07) is 15.8. The molecule has 3 aromatic rings. The van der Waals surface area contributed by atoms with Crippen LogP contribution in [-0.4, -0.2) is 35.4 Å². The largest absolute Gasteiger partial charge is 0.489 e. The number of carbonyl (C=O) groups is 6. The monoisotopic (exact) mass is 598 g/mol. The molecule has 0 radical (unpaired) electrons. The number of ether oxygens (including phenoxy) is 5. The van der Waals surface area contributed by atoms with Crippen LogP contribution in [0.2, 0.25) is 0 Å². The highest BCUT2D eigenvalue weighted by molar-refractivity contribution is 6.48. The molecule has 4 rings (SSSR count). The van der Waals surface area contributed by atoms with E-state index in [1.54, 1.807) is 24.3 Å². The second kappa shape index (κ2) is 13.4. The number of esters is 4. The summed E-state index contributed by atoms with van der Waals surface area (Å²) in [5.74, 6) is -6.35. The third-order valence-electron chi connectivity index (χ3n) is 5.93. The van der Waals surface area contributed by atoms with Gasteiger partial charge in [-0.25, -0.2) is 0 Å². The summed E-state index contributed by atoms with van der Waals surface area (Å²) in [5.41, 5.74) is 0.804. The Bertz CT molecular complexity index is 1670. The third kappa shape index (κ3) is 7.32. The smallest absolute Gasteiger partial charge is 0.308 e. The van der Waals surface area contributed by atoms with Crippen LogP contribution in [0, 0.1) is 0 Å². The van der Waals surface area contributed by atoms with E-state index in [9.17, 15) is 28.8 Å². The fourth-order valence-corrected chi connectivity index (χ4v) is 4.27. The van der Waals surface area contributed by atoms with E-state index in [0.29, 0.717) is 5.75 Å². The van der Waals surface area contributed by atoms with Crippen molar-refractivity contribution in [3.8, 4) is 39.9 Å². The first-order chi connectivity index (χ1) is 20.9. The second-order valence-electron chi connectivity index (χ2n) is 9.40. The normalized spacial score (nSPS) is 12.2. The fourth-order valence-electron chi connectivity index (χ4n) is 4.27. The molecule has 0 N–H and O–H groups in total. The molecule has 0 unspecified atom stereocenters. The standard InChI is InChI=1S/C33H26O11/c1-18(34)41-30-28(23-10-13-25(14-11-23)40-17-22-8-6-5-7-9-22)31(42-19(2)35)33(44-21(4)37)29(32(30)43-20(3)36)24-12-15-26(38)27(39)16-24/h5-16H,17H2,1-4H3. The maximum absolute atomic E-state index is 12.4. The van der Waals surface area contributed by atoms with Crippen molar-refractivity contribution >= 4 is 41.0 Å². The van der Waals surface area contributed by atoms with Crippen molar-refractivity contribution in [1.29, 1.82) is 0 Å². The van der Waals surface area contributed by atoms with E-state index in [2.05, 4.69) is 0 Å². The zero-order chi connectivity index (χ0) is 32.0. The van der Waals surface area contributed by atoms with Gasteiger partial charge in [-0.15, -0.1) is 0 Å². The van der Waals surface area contributed by atoms with E-state index >= 15 is 0 Å². The number of rotatable bonds is 9. The van der Waals surface area contributed by atoms with Crippen LogP contribution in [0.25, 0.3) is 16.7 Å². The molecule has 11 nitrogen and oxygen atoms in total. The van der Waals surface area contributed by atoms with E-state index in [0.717, 1.165) is 45.4 Å². The molecule has 0 saturated carbocycles. The summed E-state index contributed by atoms with van der Waals surface area (Å²) in [5, 5.41) is 0. The summed E-state index contributed by atoms with van der Waals surface area (Å²) in [4.78, 5) is 73.7. The Balaban J connectivity index is 2.03. The van der Waals surface area contributed by atoms with E-state index in [4.69, 9.17) is 23.7 Å². The highest BCUT2D eigenvalue weighted by atomic mass is 16.6. The molecule has 0 saturated heterocycles. The molecule has 0 amide bonds. The number of hydrogen-bond acceptors (Lipinski definition) is 11. The molecular weight excluding hydrogens is 572 g/mol. The van der Waals surface area contributed by atoms with Crippen LogP contribution in [-0.2, 0) is 35.4 Å². The van der Waals surface area contributed by atoms with Crippen molar-refractivity contribution in [2.75, 3.05) is 0 Å². The highest BCUT2D eigenvalue weighted by Crippen LogP contribution is 2.56. The van der Waals surface area contributed by atoms with Crippen LogP contribution in [0.5, 0.6) is 28.7 Å². The Morgan fingerprint density at radius 1 is 0.568 bits per heavy atom. The van der Waals surface area contributed by atoms with Crippen molar-refractivity contribution in [1.82, 2.24) is 0 Å². The molecule has 0 aromatic heterocycles. The molecular formula is C33H26O11. The highest BCUT2D eigenvalue weighted by Gasteiger charge is 2.35. The molecule has 0 heterocycles. The zero-order valence-corrected chi connectivity index (χ0v) is 24.1. The average molecular weight is 599 g/mol. The Kier molecular flexibility index (Phi) is 9.49. The summed E-state index contributed by atoms with van der Waals surface area (Å²) in [7, 11) is 0. The summed E-state index contributed by atoms with van der Waals surface area (Å²) < 4.78 is 28.0. The van der Waals surface area contributed by atoms with Crippen LogP contribution in [0.4, 0.5) is 0 Å². The minimum atomic E-state index is -0.928. The average Bonchev–Trinajstić information content (AvgIpc) is 2.96. The lowest BCUT2D eigenvalue weighted by Crippen LogP contribution is -2.17. The number of carbonyl (C=O) groups excluding carboxylic acids is 6. The minimum absolute atomic E-state index is 0.0555. The maximum atomic E-state index is 12.4. The Morgan fingerprint density at radius 2 is 1.05 bits per heavy atom. The summed E-state index contributed by atoms with van der Waals surface area (Å²) in [6.07, 6.45) is 3.10.